The number of hydrogen-bond acceptors (Lipinski definition) is 6. The van der Waals surface area contributed by atoms with Crippen LogP contribution in [0, 0.1) is 0 Å². The third-order valence-corrected chi connectivity index (χ3v) is 4.18. The Bertz CT molecular complexity index is 234. The van der Waals surface area contributed by atoms with E-state index in [0.29, 0.717) is 0 Å². The van der Waals surface area contributed by atoms with E-state index in [1.165, 1.54) is 0 Å². The first-order chi connectivity index (χ1) is 11.2. The topological polar surface area (TPSA) is 87.4 Å². The average molecular weight is 349 g/mol. The summed E-state index contributed by atoms with van der Waals surface area (Å²) in [5, 5.41) is 38.0. The van der Waals surface area contributed by atoms with Gasteiger partial charge in [0.1, 0.15) is 0 Å². The van der Waals surface area contributed by atoms with Crippen LogP contribution in [-0.4, -0.2) is 93.9 Å². The summed E-state index contributed by atoms with van der Waals surface area (Å²) in [4.78, 5) is 4.55. The Morgan fingerprint density at radius 1 is 0.458 bits per heavy atom. The Hall–Kier alpha value is -0.240. The predicted octanol–water partition coefficient (Wildman–Crippen LogP) is 0.674. The zero-order valence-electron chi connectivity index (χ0n) is 16.1. The summed E-state index contributed by atoms with van der Waals surface area (Å²) in [6.45, 7) is 12.1. The number of nitrogens with zero attached hydrogens (tertiary/aromatic N) is 2. The molecule has 0 aromatic heterocycles. The first-order valence-corrected chi connectivity index (χ1v) is 9.37. The van der Waals surface area contributed by atoms with Crippen molar-refractivity contribution in [2.24, 2.45) is 0 Å². The molecule has 0 aliphatic rings. The summed E-state index contributed by atoms with van der Waals surface area (Å²) in [6, 6.07) is 0. The first kappa shape index (κ1) is 23.8. The minimum Gasteiger partial charge on any atom is -0.393 e. The molecule has 0 bridgehead atoms. The highest BCUT2D eigenvalue weighted by molar-refractivity contribution is 4.68. The maximum Gasteiger partial charge on any atom is 0.0524 e. The van der Waals surface area contributed by atoms with Gasteiger partial charge in [0.2, 0.25) is 0 Å². The van der Waals surface area contributed by atoms with Crippen LogP contribution in [0.3, 0.4) is 0 Å². The van der Waals surface area contributed by atoms with Gasteiger partial charge in [-0.2, -0.15) is 0 Å². The van der Waals surface area contributed by atoms with Gasteiger partial charge in [-0.15, -0.1) is 0 Å². The van der Waals surface area contributed by atoms with Gasteiger partial charge in [-0.05, 0) is 53.4 Å². The Balaban J connectivity index is 4.43. The quantitative estimate of drug-likeness (QED) is 0.348. The predicted molar refractivity (Wildman–Crippen MR) is 98.1 cm³/mol. The summed E-state index contributed by atoms with van der Waals surface area (Å²) < 4.78 is 0. The van der Waals surface area contributed by atoms with Crippen molar-refractivity contribution < 1.29 is 20.4 Å². The summed E-state index contributed by atoms with van der Waals surface area (Å²) in [6.07, 6.45) is 1.62. The lowest BCUT2D eigenvalue weighted by Crippen LogP contribution is -2.39. The van der Waals surface area contributed by atoms with E-state index in [0.717, 1.165) is 65.0 Å². The van der Waals surface area contributed by atoms with Gasteiger partial charge in [-0.25, -0.2) is 0 Å². The van der Waals surface area contributed by atoms with Crippen molar-refractivity contribution in [3.05, 3.63) is 0 Å². The molecule has 4 atom stereocenters. The van der Waals surface area contributed by atoms with Crippen LogP contribution in [0.2, 0.25) is 0 Å². The molecule has 24 heavy (non-hydrogen) atoms. The second-order valence-electron chi connectivity index (χ2n) is 7.23. The Morgan fingerprint density at radius 3 is 0.833 bits per heavy atom. The van der Waals surface area contributed by atoms with Gasteiger partial charge in [0.05, 0.1) is 24.4 Å². The van der Waals surface area contributed by atoms with Crippen molar-refractivity contribution in [2.75, 3.05) is 39.3 Å². The normalized spacial score (nSPS) is 17.2. The largest absolute Gasteiger partial charge is 0.393 e. The van der Waals surface area contributed by atoms with Crippen molar-refractivity contribution in [3.63, 3.8) is 0 Å². The Kier molecular flexibility index (Phi) is 13.8. The minimum atomic E-state index is -0.319. The van der Waals surface area contributed by atoms with Crippen LogP contribution >= 0.6 is 0 Å². The van der Waals surface area contributed by atoms with Gasteiger partial charge in [0.15, 0.2) is 0 Å². The molecule has 6 nitrogen and oxygen atoms in total. The van der Waals surface area contributed by atoms with Gasteiger partial charge in [-0.1, -0.05) is 0 Å². The van der Waals surface area contributed by atoms with Crippen LogP contribution in [0.25, 0.3) is 0 Å². The van der Waals surface area contributed by atoms with Crippen LogP contribution in [0.15, 0.2) is 0 Å². The van der Waals surface area contributed by atoms with Crippen LogP contribution in [0.4, 0.5) is 0 Å². The molecule has 146 valence electrons. The zero-order valence-corrected chi connectivity index (χ0v) is 16.1. The number of hydrogen-bond donors (Lipinski definition) is 4. The van der Waals surface area contributed by atoms with E-state index in [4.69, 9.17) is 0 Å². The lowest BCUT2D eigenvalue weighted by atomic mass is 10.2. The highest BCUT2D eigenvalue weighted by Gasteiger charge is 2.13. The average Bonchev–Trinajstić information content (AvgIpc) is 2.47. The lowest BCUT2D eigenvalue weighted by Gasteiger charge is -2.29. The van der Waals surface area contributed by atoms with Crippen LogP contribution in [0.5, 0.6) is 0 Å². The molecule has 0 saturated carbocycles. The lowest BCUT2D eigenvalue weighted by molar-refractivity contribution is 0.109. The van der Waals surface area contributed by atoms with Crippen LogP contribution < -0.4 is 0 Å². The molecule has 0 rings (SSSR count). The van der Waals surface area contributed by atoms with Crippen molar-refractivity contribution in [3.8, 4) is 0 Å². The molecule has 0 amide bonds. The molecule has 0 aromatic carbocycles. The van der Waals surface area contributed by atoms with Gasteiger partial charge >= 0.3 is 0 Å². The molecule has 0 spiro atoms. The second kappa shape index (κ2) is 14.0. The molecule has 0 aliphatic heterocycles. The SMILES string of the molecule is CC(O)CCN(CCC(C)O)CCN(CCC(C)O)CCC(C)O. The molecule has 4 N–H and O–H groups in total. The minimum absolute atomic E-state index is 0.319. The van der Waals surface area contributed by atoms with E-state index in [1.807, 2.05) is 0 Å². The molecule has 0 radical (unpaired) electrons. The summed E-state index contributed by atoms with van der Waals surface area (Å²) >= 11 is 0. The smallest absolute Gasteiger partial charge is 0.0524 e. The van der Waals surface area contributed by atoms with Crippen LogP contribution in [0.1, 0.15) is 53.4 Å². The monoisotopic (exact) mass is 348 g/mol. The molecule has 0 aliphatic carbocycles. The highest BCUT2D eigenvalue weighted by Crippen LogP contribution is 2.04. The fourth-order valence-electron chi connectivity index (χ4n) is 2.43. The van der Waals surface area contributed by atoms with E-state index in [9.17, 15) is 20.4 Å². The molecule has 4 unspecified atom stereocenters. The molecule has 0 heterocycles. The van der Waals surface area contributed by atoms with Crippen molar-refractivity contribution in [1.82, 2.24) is 9.80 Å². The molecule has 0 aromatic rings. The zero-order chi connectivity index (χ0) is 18.5. The first-order valence-electron chi connectivity index (χ1n) is 9.37. The van der Waals surface area contributed by atoms with E-state index in [-0.39, 0.29) is 24.4 Å². The Morgan fingerprint density at radius 2 is 0.667 bits per heavy atom. The summed E-state index contributed by atoms with van der Waals surface area (Å²) in [5.41, 5.74) is 0. The fourth-order valence-corrected chi connectivity index (χ4v) is 2.43. The summed E-state index contributed by atoms with van der Waals surface area (Å²) in [5.74, 6) is 0. The van der Waals surface area contributed by atoms with Crippen molar-refractivity contribution in [1.29, 1.82) is 0 Å². The third-order valence-electron chi connectivity index (χ3n) is 4.18. The highest BCUT2D eigenvalue weighted by atomic mass is 16.3. The second-order valence-corrected chi connectivity index (χ2v) is 7.23. The standard InChI is InChI=1S/C18H40N2O4/c1-15(21)5-9-19(10-6-16(2)22)13-14-20(11-7-17(3)23)12-8-18(4)24/h15-18,21-24H,5-14H2,1-4H3. The number of rotatable bonds is 15. The maximum absolute atomic E-state index is 9.50. The van der Waals surface area contributed by atoms with E-state index >= 15 is 0 Å². The van der Waals surface area contributed by atoms with Crippen molar-refractivity contribution >= 4 is 0 Å². The molecule has 0 fully saturated rings. The van der Waals surface area contributed by atoms with Crippen molar-refractivity contribution in [2.45, 2.75) is 77.8 Å². The molecule has 6 heteroatoms. The fraction of sp³-hybridized carbons (Fsp3) is 1.00. The van der Waals surface area contributed by atoms with Gasteiger partial charge < -0.3 is 30.2 Å². The summed E-state index contributed by atoms with van der Waals surface area (Å²) in [7, 11) is 0. The number of aliphatic hydroxyl groups is 4. The molecular formula is C18H40N2O4. The van der Waals surface area contributed by atoms with Crippen LogP contribution in [-0.2, 0) is 0 Å². The van der Waals surface area contributed by atoms with E-state index < -0.39 is 0 Å². The third kappa shape index (κ3) is 15.3. The van der Waals surface area contributed by atoms with Gasteiger partial charge in [0.25, 0.3) is 0 Å². The van der Waals surface area contributed by atoms with E-state index in [1.54, 1.807) is 27.7 Å². The van der Waals surface area contributed by atoms with E-state index in [2.05, 4.69) is 9.80 Å². The Labute approximate surface area is 148 Å². The van der Waals surface area contributed by atoms with Gasteiger partial charge in [-0.3, -0.25) is 0 Å². The maximum atomic E-state index is 9.50. The van der Waals surface area contributed by atoms with Gasteiger partial charge in [0, 0.05) is 39.3 Å². The molecule has 0 saturated heterocycles. The number of aliphatic hydroxyl groups excluding tert-OH is 4. The molecular weight excluding hydrogens is 308 g/mol.